The van der Waals surface area contributed by atoms with Crippen LogP contribution in [-0.4, -0.2) is 36.4 Å². The summed E-state index contributed by atoms with van der Waals surface area (Å²) in [5.74, 6) is -1.15. The topological polar surface area (TPSA) is 98.5 Å². The van der Waals surface area contributed by atoms with Crippen molar-refractivity contribution in [3.05, 3.63) is 29.1 Å². The summed E-state index contributed by atoms with van der Waals surface area (Å²) in [6, 6.07) is 7.73. The zero-order valence-electron chi connectivity index (χ0n) is 11.4. The lowest BCUT2D eigenvalue weighted by Gasteiger charge is -2.20. The van der Waals surface area contributed by atoms with Gasteiger partial charge >= 0.3 is 5.97 Å². The standard InChI is InChI=1S/C14H12N2O4S2/c15-8-12-13(9-4-1-2-6-11(9)21-12)22(19,20)16-7-3-5-10(16)14(17)18/h1-2,4,6,10H,3,5,7H2,(H,17,18). The molecule has 1 aliphatic rings. The van der Waals surface area contributed by atoms with Gasteiger partial charge in [-0.05, 0) is 18.9 Å². The molecule has 1 fully saturated rings. The predicted molar refractivity (Wildman–Crippen MR) is 81.1 cm³/mol. The molecule has 0 amide bonds. The van der Waals surface area contributed by atoms with Crippen molar-refractivity contribution in [3.8, 4) is 6.07 Å². The van der Waals surface area contributed by atoms with Gasteiger partial charge < -0.3 is 5.11 Å². The second-order valence-electron chi connectivity index (χ2n) is 4.98. The summed E-state index contributed by atoms with van der Waals surface area (Å²) in [4.78, 5) is 11.3. The number of thiophene rings is 1. The van der Waals surface area contributed by atoms with E-state index in [1.165, 1.54) is 0 Å². The maximum absolute atomic E-state index is 12.9. The maximum Gasteiger partial charge on any atom is 0.322 e. The minimum atomic E-state index is -4.02. The number of hydrogen-bond acceptors (Lipinski definition) is 5. The van der Waals surface area contributed by atoms with Crippen LogP contribution in [0.15, 0.2) is 29.2 Å². The fourth-order valence-electron chi connectivity index (χ4n) is 2.74. The molecule has 0 saturated carbocycles. The van der Waals surface area contributed by atoms with Crippen LogP contribution in [0, 0.1) is 11.3 Å². The van der Waals surface area contributed by atoms with Gasteiger partial charge in [-0.15, -0.1) is 11.3 Å². The van der Waals surface area contributed by atoms with E-state index in [1.54, 1.807) is 24.3 Å². The number of carbonyl (C=O) groups is 1. The van der Waals surface area contributed by atoms with Gasteiger partial charge in [-0.2, -0.15) is 9.57 Å². The van der Waals surface area contributed by atoms with Crippen LogP contribution in [0.5, 0.6) is 0 Å². The van der Waals surface area contributed by atoms with E-state index in [9.17, 15) is 23.6 Å². The Balaban J connectivity index is 2.22. The van der Waals surface area contributed by atoms with E-state index >= 15 is 0 Å². The van der Waals surface area contributed by atoms with E-state index in [0.717, 1.165) is 15.6 Å². The van der Waals surface area contributed by atoms with Crippen LogP contribution in [0.1, 0.15) is 17.7 Å². The monoisotopic (exact) mass is 336 g/mol. The molecule has 2 heterocycles. The van der Waals surface area contributed by atoms with Crippen LogP contribution in [0.25, 0.3) is 10.1 Å². The summed E-state index contributed by atoms with van der Waals surface area (Å²) in [6.45, 7) is 0.161. The van der Waals surface area contributed by atoms with Gasteiger partial charge in [0.1, 0.15) is 21.9 Å². The highest BCUT2D eigenvalue weighted by Crippen LogP contribution is 2.37. The van der Waals surface area contributed by atoms with Crippen molar-refractivity contribution in [2.45, 2.75) is 23.8 Å². The zero-order valence-corrected chi connectivity index (χ0v) is 13.0. The third-order valence-electron chi connectivity index (χ3n) is 3.71. The van der Waals surface area contributed by atoms with Crippen molar-refractivity contribution in [2.24, 2.45) is 0 Å². The normalized spacial score (nSPS) is 19.3. The summed E-state index contributed by atoms with van der Waals surface area (Å²) < 4.78 is 27.5. The molecule has 3 rings (SSSR count). The van der Waals surface area contributed by atoms with Gasteiger partial charge in [-0.1, -0.05) is 18.2 Å². The average molecular weight is 336 g/mol. The molecular formula is C14H12N2O4S2. The number of hydrogen-bond donors (Lipinski definition) is 1. The Morgan fingerprint density at radius 3 is 2.82 bits per heavy atom. The number of sulfonamides is 1. The van der Waals surface area contributed by atoms with E-state index in [0.29, 0.717) is 22.9 Å². The van der Waals surface area contributed by atoms with E-state index in [-0.39, 0.29) is 16.3 Å². The molecule has 0 aliphatic carbocycles. The molecule has 22 heavy (non-hydrogen) atoms. The van der Waals surface area contributed by atoms with Gasteiger partial charge in [0.2, 0.25) is 10.0 Å². The molecule has 1 aliphatic heterocycles. The van der Waals surface area contributed by atoms with Crippen molar-refractivity contribution in [1.82, 2.24) is 4.31 Å². The number of nitriles is 1. The lowest BCUT2D eigenvalue weighted by molar-refractivity contribution is -0.140. The Labute approximate surface area is 131 Å². The van der Waals surface area contributed by atoms with Crippen LogP contribution < -0.4 is 0 Å². The average Bonchev–Trinajstić information content (AvgIpc) is 3.11. The minimum absolute atomic E-state index is 0.0660. The molecule has 1 saturated heterocycles. The molecule has 114 valence electrons. The van der Waals surface area contributed by atoms with Crippen molar-refractivity contribution < 1.29 is 18.3 Å². The molecule has 0 radical (unpaired) electrons. The fourth-order valence-corrected chi connectivity index (χ4v) is 6.01. The highest BCUT2D eigenvalue weighted by Gasteiger charge is 2.41. The number of aliphatic carboxylic acids is 1. The van der Waals surface area contributed by atoms with Gasteiger partial charge in [0.15, 0.2) is 0 Å². The SMILES string of the molecule is N#Cc1sc2ccccc2c1S(=O)(=O)N1CCCC1C(=O)O. The Morgan fingerprint density at radius 1 is 1.41 bits per heavy atom. The molecule has 1 aromatic carbocycles. The first-order chi connectivity index (χ1) is 10.5. The molecule has 1 N–H and O–H groups in total. The Hall–Kier alpha value is -1.95. The van der Waals surface area contributed by atoms with E-state index in [2.05, 4.69) is 0 Å². The molecule has 0 bridgehead atoms. The second kappa shape index (κ2) is 5.35. The van der Waals surface area contributed by atoms with E-state index in [1.807, 2.05) is 6.07 Å². The number of benzene rings is 1. The molecule has 0 spiro atoms. The molecular weight excluding hydrogens is 324 g/mol. The van der Waals surface area contributed by atoms with E-state index < -0.39 is 22.0 Å². The third-order valence-corrected chi connectivity index (χ3v) is 6.91. The van der Waals surface area contributed by atoms with Crippen LogP contribution in [0.3, 0.4) is 0 Å². The summed E-state index contributed by atoms with van der Waals surface area (Å²) in [5.41, 5.74) is 0. The number of fused-ring (bicyclic) bond motifs is 1. The largest absolute Gasteiger partial charge is 0.480 e. The first kappa shape index (κ1) is 15.0. The fraction of sp³-hybridized carbons (Fsp3) is 0.286. The van der Waals surface area contributed by atoms with Crippen LogP contribution in [-0.2, 0) is 14.8 Å². The first-order valence-corrected chi connectivity index (χ1v) is 8.88. The summed E-state index contributed by atoms with van der Waals surface area (Å²) in [7, 11) is -4.02. The predicted octanol–water partition coefficient (Wildman–Crippen LogP) is 2.01. The third kappa shape index (κ3) is 2.18. The molecule has 6 nitrogen and oxygen atoms in total. The molecule has 8 heteroatoms. The highest BCUT2D eigenvalue weighted by atomic mass is 32.2. The quantitative estimate of drug-likeness (QED) is 0.924. The molecule has 2 aromatic rings. The number of carboxylic acid groups (broad SMARTS) is 1. The highest BCUT2D eigenvalue weighted by molar-refractivity contribution is 7.89. The Morgan fingerprint density at radius 2 is 2.14 bits per heavy atom. The smallest absolute Gasteiger partial charge is 0.322 e. The lowest BCUT2D eigenvalue weighted by Crippen LogP contribution is -2.40. The zero-order chi connectivity index (χ0) is 15.9. The van der Waals surface area contributed by atoms with Crippen molar-refractivity contribution in [3.63, 3.8) is 0 Å². The van der Waals surface area contributed by atoms with Gasteiger partial charge in [-0.3, -0.25) is 4.79 Å². The van der Waals surface area contributed by atoms with Crippen molar-refractivity contribution in [2.75, 3.05) is 6.54 Å². The second-order valence-corrected chi connectivity index (χ2v) is 7.86. The van der Waals surface area contributed by atoms with Crippen LogP contribution >= 0.6 is 11.3 Å². The number of nitrogens with zero attached hydrogens (tertiary/aromatic N) is 2. The maximum atomic E-state index is 12.9. The van der Waals surface area contributed by atoms with Gasteiger partial charge in [0, 0.05) is 16.6 Å². The Kier molecular flexibility index (Phi) is 3.64. The van der Waals surface area contributed by atoms with Gasteiger partial charge in [0.05, 0.1) is 0 Å². The number of carboxylic acids is 1. The summed E-state index contributed by atoms with van der Waals surface area (Å²) in [5, 5.41) is 18.9. The Bertz CT molecular complexity index is 895. The number of rotatable bonds is 3. The van der Waals surface area contributed by atoms with Gasteiger partial charge in [-0.25, -0.2) is 8.42 Å². The lowest BCUT2D eigenvalue weighted by atomic mass is 10.2. The van der Waals surface area contributed by atoms with Crippen LogP contribution in [0.4, 0.5) is 0 Å². The first-order valence-electron chi connectivity index (χ1n) is 6.63. The summed E-state index contributed by atoms with van der Waals surface area (Å²) in [6.07, 6.45) is 0.790. The molecule has 1 atom stereocenters. The molecule has 1 aromatic heterocycles. The van der Waals surface area contributed by atoms with Crippen molar-refractivity contribution in [1.29, 1.82) is 5.26 Å². The summed E-state index contributed by atoms with van der Waals surface area (Å²) >= 11 is 1.10. The van der Waals surface area contributed by atoms with Crippen LogP contribution in [0.2, 0.25) is 0 Å². The van der Waals surface area contributed by atoms with E-state index in [4.69, 9.17) is 0 Å². The minimum Gasteiger partial charge on any atom is -0.480 e. The molecule has 1 unspecified atom stereocenters. The van der Waals surface area contributed by atoms with Gasteiger partial charge in [0.25, 0.3) is 0 Å². The van der Waals surface area contributed by atoms with Crippen molar-refractivity contribution >= 4 is 37.4 Å².